The lowest BCUT2D eigenvalue weighted by molar-refractivity contribution is -0.115. The summed E-state index contributed by atoms with van der Waals surface area (Å²) in [6, 6.07) is 8.99. The lowest BCUT2D eigenvalue weighted by Gasteiger charge is -2.03. The van der Waals surface area contributed by atoms with E-state index in [1.54, 1.807) is 24.3 Å². The average Bonchev–Trinajstić information content (AvgIpc) is 3.21. The maximum absolute atomic E-state index is 12.0. The van der Waals surface area contributed by atoms with Crippen molar-refractivity contribution in [2.24, 2.45) is 0 Å². The van der Waals surface area contributed by atoms with Crippen LogP contribution in [0.1, 0.15) is 35.6 Å². The van der Waals surface area contributed by atoms with Crippen LogP contribution in [0.25, 0.3) is 0 Å². The minimum atomic E-state index is -1.85. The molecule has 0 radical (unpaired) electrons. The van der Waals surface area contributed by atoms with Gasteiger partial charge in [-0.25, -0.2) is 4.21 Å². The van der Waals surface area contributed by atoms with Crippen molar-refractivity contribution in [3.05, 3.63) is 47.2 Å². The lowest BCUT2D eigenvalue weighted by Crippen LogP contribution is -2.14. The number of rotatable bonds is 6. The van der Waals surface area contributed by atoms with Crippen LogP contribution >= 0.6 is 0 Å². The predicted molar refractivity (Wildman–Crippen MR) is 83.8 cm³/mol. The Hall–Kier alpha value is -1.99. The highest BCUT2D eigenvalue weighted by atomic mass is 32.2. The zero-order chi connectivity index (χ0) is 15.5. The Morgan fingerprint density at radius 1 is 1.32 bits per heavy atom. The van der Waals surface area contributed by atoms with Crippen LogP contribution in [-0.2, 0) is 28.0 Å². The van der Waals surface area contributed by atoms with E-state index in [4.69, 9.17) is 4.55 Å². The van der Waals surface area contributed by atoms with E-state index in [-0.39, 0.29) is 18.1 Å². The van der Waals surface area contributed by atoms with E-state index in [0.29, 0.717) is 11.7 Å². The van der Waals surface area contributed by atoms with Gasteiger partial charge in [-0.2, -0.15) is 5.10 Å². The second kappa shape index (κ2) is 6.41. The summed E-state index contributed by atoms with van der Waals surface area (Å²) in [5, 5.41) is 9.80. The Balaban J connectivity index is 1.55. The molecule has 0 saturated heterocycles. The molecule has 1 amide bonds. The highest BCUT2D eigenvalue weighted by molar-refractivity contribution is 7.78. The van der Waals surface area contributed by atoms with Crippen molar-refractivity contribution in [1.29, 1.82) is 0 Å². The SMILES string of the molecule is O=C(Cc1ccc(CS(=O)O)cc1)Nc1cc(C2CC2)[nH]n1. The molecule has 0 spiro atoms. The first-order valence-electron chi connectivity index (χ1n) is 7.10. The van der Waals surface area contributed by atoms with Crippen LogP contribution in [0.5, 0.6) is 0 Å². The van der Waals surface area contributed by atoms with Gasteiger partial charge in [-0.3, -0.25) is 9.89 Å². The van der Waals surface area contributed by atoms with E-state index in [1.165, 1.54) is 12.8 Å². The number of H-pyrrole nitrogens is 1. The van der Waals surface area contributed by atoms with E-state index >= 15 is 0 Å². The van der Waals surface area contributed by atoms with Gasteiger partial charge in [0.2, 0.25) is 5.91 Å². The zero-order valence-corrected chi connectivity index (χ0v) is 12.7. The van der Waals surface area contributed by atoms with Crippen molar-refractivity contribution in [1.82, 2.24) is 10.2 Å². The first kappa shape index (κ1) is 14.9. The largest absolute Gasteiger partial charge is 0.309 e. The van der Waals surface area contributed by atoms with Crippen molar-refractivity contribution in [3.8, 4) is 0 Å². The Kier molecular flexibility index (Phi) is 4.35. The van der Waals surface area contributed by atoms with Gasteiger partial charge in [-0.05, 0) is 24.0 Å². The van der Waals surface area contributed by atoms with Crippen LogP contribution in [0.4, 0.5) is 5.82 Å². The third-order valence-corrected chi connectivity index (χ3v) is 4.14. The standard InChI is InChI=1S/C15H17N3O3S/c19-15(16-14-8-13(17-18-14)12-5-6-12)7-10-1-3-11(4-2-10)9-22(20)21/h1-4,8,12H,5-7,9H2,(H,20,21)(H2,16,17,18,19). The molecule has 1 aliphatic rings. The van der Waals surface area contributed by atoms with Gasteiger partial charge in [-0.15, -0.1) is 0 Å². The van der Waals surface area contributed by atoms with Gasteiger partial charge in [0.25, 0.3) is 0 Å². The Morgan fingerprint density at radius 3 is 2.64 bits per heavy atom. The second-order valence-corrected chi connectivity index (χ2v) is 6.42. The van der Waals surface area contributed by atoms with Gasteiger partial charge in [0.1, 0.15) is 0 Å². The van der Waals surface area contributed by atoms with Gasteiger partial charge >= 0.3 is 0 Å². The molecule has 1 heterocycles. The summed E-state index contributed by atoms with van der Waals surface area (Å²) >= 11 is -1.85. The molecule has 1 aliphatic carbocycles. The highest BCUT2D eigenvalue weighted by Crippen LogP contribution is 2.39. The van der Waals surface area contributed by atoms with E-state index in [9.17, 15) is 9.00 Å². The van der Waals surface area contributed by atoms with Crippen LogP contribution in [0.3, 0.4) is 0 Å². The number of benzene rings is 1. The molecule has 1 saturated carbocycles. The molecule has 22 heavy (non-hydrogen) atoms. The van der Waals surface area contributed by atoms with Gasteiger partial charge in [-0.1, -0.05) is 24.3 Å². The summed E-state index contributed by atoms with van der Waals surface area (Å²) in [4.78, 5) is 12.0. The number of aromatic amines is 1. The van der Waals surface area contributed by atoms with Crippen LogP contribution < -0.4 is 5.32 Å². The number of hydrogen-bond acceptors (Lipinski definition) is 3. The number of hydrogen-bond donors (Lipinski definition) is 3. The molecule has 3 N–H and O–H groups in total. The summed E-state index contributed by atoms with van der Waals surface area (Å²) in [5.41, 5.74) is 2.70. The predicted octanol–water partition coefficient (Wildman–Crippen LogP) is 2.19. The fraction of sp³-hybridized carbons (Fsp3) is 0.333. The molecule has 116 valence electrons. The summed E-state index contributed by atoms with van der Waals surface area (Å²) in [7, 11) is 0. The number of anilines is 1. The minimum Gasteiger partial charge on any atom is -0.309 e. The van der Waals surface area contributed by atoms with Crippen molar-refractivity contribution in [2.75, 3.05) is 5.32 Å². The maximum Gasteiger partial charge on any atom is 0.229 e. The number of amides is 1. The number of carbonyl (C=O) groups excluding carboxylic acids is 1. The molecular weight excluding hydrogens is 302 g/mol. The first-order chi connectivity index (χ1) is 10.6. The number of carbonyl (C=O) groups is 1. The van der Waals surface area contributed by atoms with E-state index in [0.717, 1.165) is 16.8 Å². The number of nitrogens with zero attached hydrogens (tertiary/aromatic N) is 1. The Labute approximate surface area is 130 Å². The monoisotopic (exact) mass is 319 g/mol. The summed E-state index contributed by atoms with van der Waals surface area (Å²) in [6.07, 6.45) is 2.61. The topological polar surface area (TPSA) is 95.1 Å². The molecule has 0 bridgehead atoms. The van der Waals surface area contributed by atoms with Crippen molar-refractivity contribution in [3.63, 3.8) is 0 Å². The summed E-state index contributed by atoms with van der Waals surface area (Å²) < 4.78 is 19.6. The molecule has 3 rings (SSSR count). The Bertz CT molecular complexity index is 692. The van der Waals surface area contributed by atoms with Crippen LogP contribution in [0.2, 0.25) is 0 Å². The molecule has 2 aromatic rings. The zero-order valence-electron chi connectivity index (χ0n) is 11.9. The molecule has 1 aromatic carbocycles. The Morgan fingerprint density at radius 2 is 2.00 bits per heavy atom. The molecule has 1 fully saturated rings. The average molecular weight is 319 g/mol. The van der Waals surface area contributed by atoms with Crippen molar-refractivity contribution >= 4 is 22.8 Å². The third kappa shape index (κ3) is 4.02. The molecule has 1 unspecified atom stereocenters. The molecule has 1 aromatic heterocycles. The van der Waals surface area contributed by atoms with Crippen LogP contribution in [0, 0.1) is 0 Å². The van der Waals surface area contributed by atoms with E-state index < -0.39 is 11.1 Å². The number of aromatic nitrogens is 2. The number of nitrogens with one attached hydrogen (secondary N) is 2. The third-order valence-electron chi connectivity index (χ3n) is 3.56. The van der Waals surface area contributed by atoms with Crippen LogP contribution in [-0.4, -0.2) is 24.9 Å². The van der Waals surface area contributed by atoms with E-state index in [2.05, 4.69) is 15.5 Å². The minimum absolute atomic E-state index is 0.101. The lowest BCUT2D eigenvalue weighted by atomic mass is 10.1. The van der Waals surface area contributed by atoms with Crippen molar-refractivity contribution < 1.29 is 13.6 Å². The van der Waals surface area contributed by atoms with Gasteiger partial charge in [0.15, 0.2) is 16.9 Å². The molecule has 6 nitrogen and oxygen atoms in total. The fourth-order valence-corrected chi connectivity index (χ4v) is 2.75. The molecule has 7 heteroatoms. The van der Waals surface area contributed by atoms with E-state index in [1.807, 2.05) is 6.07 Å². The summed E-state index contributed by atoms with van der Waals surface area (Å²) in [5.74, 6) is 1.10. The van der Waals surface area contributed by atoms with Crippen molar-refractivity contribution in [2.45, 2.75) is 30.9 Å². The smallest absolute Gasteiger partial charge is 0.229 e. The fourth-order valence-electron chi connectivity index (χ4n) is 2.27. The molecule has 0 aliphatic heterocycles. The highest BCUT2D eigenvalue weighted by Gasteiger charge is 2.25. The molecular formula is C15H17N3O3S. The van der Waals surface area contributed by atoms with Gasteiger partial charge in [0.05, 0.1) is 12.2 Å². The second-order valence-electron chi connectivity index (χ2n) is 5.49. The first-order valence-corrected chi connectivity index (χ1v) is 8.38. The van der Waals surface area contributed by atoms with Crippen LogP contribution in [0.15, 0.2) is 30.3 Å². The van der Waals surface area contributed by atoms with Gasteiger partial charge < -0.3 is 9.87 Å². The normalized spacial score (nSPS) is 15.5. The summed E-state index contributed by atoms with van der Waals surface area (Å²) in [6.45, 7) is 0. The quantitative estimate of drug-likeness (QED) is 0.711. The molecule has 1 atom stereocenters. The maximum atomic E-state index is 12.0. The van der Waals surface area contributed by atoms with Gasteiger partial charge in [0, 0.05) is 17.7 Å².